The summed E-state index contributed by atoms with van der Waals surface area (Å²) < 4.78 is 23.3. The molecule has 22 heavy (non-hydrogen) atoms. The van der Waals surface area contributed by atoms with E-state index in [1.165, 1.54) is 0 Å². The lowest BCUT2D eigenvalue weighted by molar-refractivity contribution is 0.173. The molecule has 124 valence electrons. The SMILES string of the molecule is CC(C)COP(=O)(OCC(C)C)C(=O)Nc1ccc(Cl)cc1. The van der Waals surface area contributed by atoms with E-state index in [2.05, 4.69) is 5.32 Å². The molecule has 1 rings (SSSR count). The number of halogens is 1. The van der Waals surface area contributed by atoms with Gasteiger partial charge in [0.25, 0.3) is 0 Å². The van der Waals surface area contributed by atoms with E-state index in [1.807, 2.05) is 27.7 Å². The van der Waals surface area contributed by atoms with Crippen molar-refractivity contribution in [1.82, 2.24) is 0 Å². The van der Waals surface area contributed by atoms with Crippen LogP contribution in [0.25, 0.3) is 0 Å². The Hall–Kier alpha value is -0.870. The van der Waals surface area contributed by atoms with Crippen molar-refractivity contribution in [2.45, 2.75) is 27.7 Å². The minimum absolute atomic E-state index is 0.138. The van der Waals surface area contributed by atoms with Gasteiger partial charge in [0.15, 0.2) is 0 Å². The van der Waals surface area contributed by atoms with Gasteiger partial charge in [-0.3, -0.25) is 4.79 Å². The Balaban J connectivity index is 2.81. The number of rotatable bonds is 8. The van der Waals surface area contributed by atoms with Crippen LogP contribution in [0.4, 0.5) is 10.5 Å². The number of hydrogen-bond acceptors (Lipinski definition) is 4. The average molecular weight is 348 g/mol. The Morgan fingerprint density at radius 3 is 1.95 bits per heavy atom. The molecule has 0 saturated heterocycles. The highest BCUT2D eigenvalue weighted by atomic mass is 35.5. The number of carbonyl (C=O) groups is 1. The molecule has 1 amide bonds. The summed E-state index contributed by atoms with van der Waals surface area (Å²) in [7, 11) is -3.88. The fraction of sp³-hybridized carbons (Fsp3) is 0.533. The largest absolute Gasteiger partial charge is 0.418 e. The zero-order valence-electron chi connectivity index (χ0n) is 13.3. The van der Waals surface area contributed by atoms with Crippen LogP contribution in [-0.4, -0.2) is 18.9 Å². The van der Waals surface area contributed by atoms with E-state index in [0.29, 0.717) is 10.7 Å². The quantitative estimate of drug-likeness (QED) is 0.638. The van der Waals surface area contributed by atoms with Gasteiger partial charge in [0.2, 0.25) is 0 Å². The van der Waals surface area contributed by atoms with Gasteiger partial charge in [-0.2, -0.15) is 0 Å². The zero-order valence-corrected chi connectivity index (χ0v) is 15.0. The van der Waals surface area contributed by atoms with E-state index in [9.17, 15) is 9.36 Å². The molecule has 0 bridgehead atoms. The molecule has 0 aromatic heterocycles. The molecular formula is C15H23ClNO4P. The first-order valence-electron chi connectivity index (χ1n) is 7.19. The molecule has 0 aliphatic rings. The number of benzene rings is 1. The van der Waals surface area contributed by atoms with Crippen LogP contribution in [0, 0.1) is 11.8 Å². The molecular weight excluding hydrogens is 325 g/mol. The van der Waals surface area contributed by atoms with Crippen molar-refractivity contribution in [2.24, 2.45) is 11.8 Å². The first-order chi connectivity index (χ1) is 10.2. The fourth-order valence-electron chi connectivity index (χ4n) is 1.37. The molecule has 0 aliphatic heterocycles. The van der Waals surface area contributed by atoms with Gasteiger partial charge in [0.1, 0.15) is 0 Å². The van der Waals surface area contributed by atoms with E-state index in [0.717, 1.165) is 0 Å². The monoisotopic (exact) mass is 347 g/mol. The van der Waals surface area contributed by atoms with Crippen molar-refractivity contribution in [3.8, 4) is 0 Å². The second-order valence-corrected chi connectivity index (χ2v) is 8.17. The average Bonchev–Trinajstić information content (AvgIpc) is 2.45. The first kappa shape index (κ1) is 19.2. The molecule has 0 radical (unpaired) electrons. The minimum Gasteiger partial charge on any atom is -0.316 e. The first-order valence-corrected chi connectivity index (χ1v) is 9.11. The standard InChI is InChI=1S/C15H23ClNO4P/c1-11(2)9-20-22(19,21-10-12(3)4)15(18)17-14-7-5-13(16)6-8-14/h5-8,11-12H,9-10H2,1-4H3,(H,17,18). The molecule has 5 nitrogen and oxygen atoms in total. The maximum absolute atomic E-state index is 12.7. The smallest absolute Gasteiger partial charge is 0.316 e. The van der Waals surface area contributed by atoms with Gasteiger partial charge in [-0.1, -0.05) is 39.3 Å². The molecule has 1 aromatic carbocycles. The number of carbonyl (C=O) groups excluding carboxylic acids is 1. The molecule has 0 aliphatic carbocycles. The second-order valence-electron chi connectivity index (χ2n) is 5.81. The zero-order chi connectivity index (χ0) is 16.8. The summed E-state index contributed by atoms with van der Waals surface area (Å²) in [5, 5.41) is 3.10. The maximum atomic E-state index is 12.7. The molecule has 1 N–H and O–H groups in total. The van der Waals surface area contributed by atoms with Crippen molar-refractivity contribution in [2.75, 3.05) is 18.5 Å². The van der Waals surface area contributed by atoms with Crippen LogP contribution in [0.15, 0.2) is 24.3 Å². The Bertz CT molecular complexity index is 515. The lowest BCUT2D eigenvalue weighted by Gasteiger charge is -2.20. The molecule has 0 heterocycles. The molecule has 1 aromatic rings. The van der Waals surface area contributed by atoms with Gasteiger partial charge >= 0.3 is 13.2 Å². The molecule has 0 atom stereocenters. The number of hydrogen-bond donors (Lipinski definition) is 1. The Labute approximate surface area is 136 Å². The van der Waals surface area contributed by atoms with Crippen molar-refractivity contribution >= 4 is 30.5 Å². The van der Waals surface area contributed by atoms with Crippen molar-refractivity contribution < 1.29 is 18.4 Å². The van der Waals surface area contributed by atoms with Crippen molar-refractivity contribution in [3.05, 3.63) is 29.3 Å². The van der Waals surface area contributed by atoms with Gasteiger partial charge in [-0.25, -0.2) is 4.57 Å². The lowest BCUT2D eigenvalue weighted by atomic mass is 10.2. The highest BCUT2D eigenvalue weighted by Crippen LogP contribution is 2.50. The highest BCUT2D eigenvalue weighted by Gasteiger charge is 2.35. The lowest BCUT2D eigenvalue weighted by Crippen LogP contribution is -2.17. The maximum Gasteiger partial charge on any atom is 0.418 e. The summed E-state index contributed by atoms with van der Waals surface area (Å²) >= 11 is 5.79. The van der Waals surface area contributed by atoms with Crippen LogP contribution in [0.1, 0.15) is 27.7 Å². The summed E-state index contributed by atoms with van der Waals surface area (Å²) in [6.07, 6.45) is 0. The predicted molar refractivity (Wildman–Crippen MR) is 89.7 cm³/mol. The van der Waals surface area contributed by atoms with Crippen LogP contribution in [0.2, 0.25) is 5.02 Å². The van der Waals surface area contributed by atoms with Crippen molar-refractivity contribution in [3.63, 3.8) is 0 Å². The summed E-state index contributed by atoms with van der Waals surface area (Å²) in [5.74, 6) is 0.276. The molecule has 0 fully saturated rings. The van der Waals surface area contributed by atoms with E-state index < -0.39 is 13.2 Å². The molecule has 0 spiro atoms. The van der Waals surface area contributed by atoms with Crippen LogP contribution in [-0.2, 0) is 13.6 Å². The summed E-state index contributed by atoms with van der Waals surface area (Å²) in [5.41, 5.74) is -0.285. The van der Waals surface area contributed by atoms with Crippen LogP contribution in [0.5, 0.6) is 0 Å². The van der Waals surface area contributed by atoms with Gasteiger partial charge in [0.05, 0.1) is 13.2 Å². The normalized spacial score (nSPS) is 12.0. The number of amides is 1. The van der Waals surface area contributed by atoms with E-state index in [1.54, 1.807) is 24.3 Å². The Morgan fingerprint density at radius 1 is 1.09 bits per heavy atom. The van der Waals surface area contributed by atoms with E-state index in [-0.39, 0.29) is 25.0 Å². The molecule has 0 saturated carbocycles. The van der Waals surface area contributed by atoms with Crippen molar-refractivity contribution in [1.29, 1.82) is 0 Å². The highest BCUT2D eigenvalue weighted by molar-refractivity contribution is 7.72. The summed E-state index contributed by atoms with van der Waals surface area (Å²) in [6, 6.07) is 6.50. The van der Waals surface area contributed by atoms with Gasteiger partial charge in [-0.05, 0) is 36.1 Å². The molecule has 0 unspecified atom stereocenters. The van der Waals surface area contributed by atoms with E-state index in [4.69, 9.17) is 20.6 Å². The predicted octanol–water partition coefficient (Wildman–Crippen LogP) is 5.41. The van der Waals surface area contributed by atoms with Crippen LogP contribution < -0.4 is 5.32 Å². The molecule has 7 heteroatoms. The van der Waals surface area contributed by atoms with Gasteiger partial charge in [-0.15, -0.1) is 0 Å². The van der Waals surface area contributed by atoms with Gasteiger partial charge in [0, 0.05) is 10.7 Å². The topological polar surface area (TPSA) is 64.6 Å². The van der Waals surface area contributed by atoms with E-state index >= 15 is 0 Å². The van der Waals surface area contributed by atoms with Crippen LogP contribution >= 0.6 is 19.2 Å². The third-order valence-electron chi connectivity index (χ3n) is 2.50. The second kappa shape index (κ2) is 8.68. The minimum atomic E-state index is -3.88. The third kappa shape index (κ3) is 6.49. The van der Waals surface area contributed by atoms with Gasteiger partial charge < -0.3 is 14.4 Å². The number of anilines is 1. The van der Waals surface area contributed by atoms with Crippen LogP contribution in [0.3, 0.4) is 0 Å². The third-order valence-corrected chi connectivity index (χ3v) is 4.34. The number of nitrogens with one attached hydrogen (secondary N) is 1. The Kier molecular flexibility index (Phi) is 7.57. The summed E-state index contributed by atoms with van der Waals surface area (Å²) in [4.78, 5) is 12.3. The fourth-order valence-corrected chi connectivity index (χ4v) is 3.06. The summed E-state index contributed by atoms with van der Waals surface area (Å²) in [6.45, 7) is 7.99. The Morgan fingerprint density at radius 2 is 1.55 bits per heavy atom.